The first kappa shape index (κ1) is 24.8. The van der Waals surface area contributed by atoms with E-state index in [0.717, 1.165) is 0 Å². The molecule has 180 valence electrons. The van der Waals surface area contributed by atoms with Gasteiger partial charge >= 0.3 is 6.09 Å². The molecule has 0 fully saturated rings. The summed E-state index contributed by atoms with van der Waals surface area (Å²) in [6.45, 7) is 0.984. The zero-order valence-electron chi connectivity index (χ0n) is 19.1. The van der Waals surface area contributed by atoms with Gasteiger partial charge < -0.3 is 24.8 Å². The molecular formula is C25H24N4O6. The van der Waals surface area contributed by atoms with Crippen LogP contribution in [0.2, 0.25) is 0 Å². The van der Waals surface area contributed by atoms with E-state index in [9.17, 15) is 14.4 Å². The molecule has 0 aliphatic rings. The predicted octanol–water partition coefficient (Wildman–Crippen LogP) is 4.17. The van der Waals surface area contributed by atoms with Crippen LogP contribution < -0.4 is 25.4 Å². The molecule has 10 heteroatoms. The Balaban J connectivity index is 1.84. The second kappa shape index (κ2) is 12.4. The Morgan fingerprint density at radius 3 is 2.09 bits per heavy atom. The van der Waals surface area contributed by atoms with E-state index in [1.54, 1.807) is 54.6 Å². The van der Waals surface area contributed by atoms with Gasteiger partial charge in [-0.3, -0.25) is 14.9 Å². The summed E-state index contributed by atoms with van der Waals surface area (Å²) >= 11 is 0. The molecule has 0 saturated heterocycles. The lowest BCUT2D eigenvalue weighted by Gasteiger charge is -2.16. The Hall–Kier alpha value is -4.86. The Bertz CT molecular complexity index is 1200. The second-order valence-electron chi connectivity index (χ2n) is 7.00. The Morgan fingerprint density at radius 2 is 1.46 bits per heavy atom. The Kier molecular flexibility index (Phi) is 8.78. The number of carbonyl (C=O) groups excluding carboxylic acids is 3. The number of alkyl carbamates (subject to hydrolysis) is 1. The fourth-order valence-electron chi connectivity index (χ4n) is 2.79. The van der Waals surface area contributed by atoms with E-state index >= 15 is 0 Å². The van der Waals surface area contributed by atoms with E-state index in [1.165, 1.54) is 14.0 Å². The number of nitrogens with one attached hydrogen (secondary N) is 3. The maximum absolute atomic E-state index is 12.4. The number of anilines is 2. The van der Waals surface area contributed by atoms with E-state index in [-0.39, 0.29) is 18.5 Å². The lowest BCUT2D eigenvalue weighted by Crippen LogP contribution is -2.37. The number of carbonyl (C=O) groups is 3. The molecule has 3 aromatic carbocycles. The van der Waals surface area contributed by atoms with Gasteiger partial charge in [0.2, 0.25) is 11.9 Å². The molecule has 0 aromatic heterocycles. The topological polar surface area (TPSA) is 127 Å². The highest BCUT2D eigenvalue weighted by atomic mass is 16.5. The largest absolute Gasteiger partial charge is 0.484 e. The van der Waals surface area contributed by atoms with Crippen LogP contribution in [0.4, 0.5) is 16.2 Å². The van der Waals surface area contributed by atoms with E-state index < -0.39 is 12.0 Å². The van der Waals surface area contributed by atoms with Crippen LogP contribution in [0, 0.1) is 0 Å². The van der Waals surface area contributed by atoms with E-state index in [2.05, 4.69) is 25.7 Å². The fraction of sp³-hybridized carbons (Fsp3) is 0.120. The molecule has 0 saturated carbocycles. The van der Waals surface area contributed by atoms with Crippen molar-refractivity contribution < 1.29 is 28.6 Å². The van der Waals surface area contributed by atoms with E-state index in [0.29, 0.717) is 28.6 Å². The first-order valence-corrected chi connectivity index (χ1v) is 10.5. The van der Waals surface area contributed by atoms with Crippen LogP contribution in [-0.4, -0.2) is 37.6 Å². The van der Waals surface area contributed by atoms with Crippen molar-refractivity contribution in [2.24, 2.45) is 4.99 Å². The summed E-state index contributed by atoms with van der Waals surface area (Å²) in [5, 5.41) is 7.85. The Labute approximate surface area is 201 Å². The monoisotopic (exact) mass is 476 g/mol. The predicted molar refractivity (Wildman–Crippen MR) is 131 cm³/mol. The first-order chi connectivity index (χ1) is 16.9. The smallest absolute Gasteiger partial charge is 0.413 e. The van der Waals surface area contributed by atoms with Crippen molar-refractivity contribution >= 4 is 35.2 Å². The molecule has 10 nitrogen and oxygen atoms in total. The van der Waals surface area contributed by atoms with Crippen LogP contribution in [0.25, 0.3) is 0 Å². The number of nitrogens with zero attached hydrogens (tertiary/aromatic N) is 1. The van der Waals surface area contributed by atoms with Gasteiger partial charge in [-0.15, -0.1) is 0 Å². The van der Waals surface area contributed by atoms with Gasteiger partial charge in [-0.2, -0.15) is 4.99 Å². The molecule has 0 atom stereocenters. The maximum atomic E-state index is 12.4. The van der Waals surface area contributed by atoms with Crippen LogP contribution in [0.3, 0.4) is 0 Å². The third-order valence-corrected chi connectivity index (χ3v) is 4.28. The highest BCUT2D eigenvalue weighted by Gasteiger charge is 2.14. The van der Waals surface area contributed by atoms with Crippen LogP contribution in [0.1, 0.15) is 6.92 Å². The molecular weight excluding hydrogens is 452 g/mol. The van der Waals surface area contributed by atoms with Gasteiger partial charge in [0.15, 0.2) is 6.61 Å². The number of benzene rings is 3. The Morgan fingerprint density at radius 1 is 0.800 bits per heavy atom. The number of para-hydroxylation sites is 2. The summed E-state index contributed by atoms with van der Waals surface area (Å²) in [6.07, 6.45) is -0.856. The molecule has 0 aliphatic heterocycles. The highest BCUT2D eigenvalue weighted by Crippen LogP contribution is 2.30. The minimum absolute atomic E-state index is 0.234. The van der Waals surface area contributed by atoms with Gasteiger partial charge in [0.05, 0.1) is 18.5 Å². The normalized spacial score (nSPS) is 10.6. The number of amides is 3. The molecule has 0 radical (unpaired) electrons. The van der Waals surface area contributed by atoms with Crippen molar-refractivity contribution in [3.8, 4) is 17.2 Å². The summed E-state index contributed by atoms with van der Waals surface area (Å²) in [4.78, 5) is 39.8. The van der Waals surface area contributed by atoms with Gasteiger partial charge in [0.25, 0.3) is 5.91 Å². The molecule has 3 rings (SSSR count). The number of hydrogen-bond donors (Lipinski definition) is 3. The lowest BCUT2D eigenvalue weighted by atomic mass is 10.2. The number of aliphatic imine (C=N–C) groups is 1. The van der Waals surface area contributed by atoms with Crippen LogP contribution in [0.15, 0.2) is 83.9 Å². The molecule has 0 spiro atoms. The molecule has 3 N–H and O–H groups in total. The average molecular weight is 476 g/mol. The minimum Gasteiger partial charge on any atom is -0.484 e. The summed E-state index contributed by atoms with van der Waals surface area (Å²) in [6, 6.07) is 22.7. The van der Waals surface area contributed by atoms with Crippen molar-refractivity contribution in [1.82, 2.24) is 5.32 Å². The SMILES string of the molecule is COC(=O)N/C(=N/C(=O)COc1ccccc1)Nc1cc(Oc2ccccc2)ccc1NC(C)=O. The third-order valence-electron chi connectivity index (χ3n) is 4.28. The standard InChI is InChI=1S/C25H24N4O6/c1-17(30)26-21-14-13-20(35-19-11-7-4-8-12-19)15-22(21)27-24(29-25(32)33-2)28-23(31)16-34-18-9-5-3-6-10-18/h3-15H,16H2,1-2H3,(H,26,30)(H2,27,28,29,31,32). The molecule has 3 aromatic rings. The van der Waals surface area contributed by atoms with Crippen LogP contribution in [-0.2, 0) is 14.3 Å². The van der Waals surface area contributed by atoms with Gasteiger partial charge in [-0.1, -0.05) is 36.4 Å². The molecule has 0 bridgehead atoms. The van der Waals surface area contributed by atoms with Crippen molar-refractivity contribution in [3.63, 3.8) is 0 Å². The molecule has 0 heterocycles. The molecule has 0 unspecified atom stereocenters. The number of hydrogen-bond acceptors (Lipinski definition) is 6. The summed E-state index contributed by atoms with van der Waals surface area (Å²) < 4.78 is 15.9. The summed E-state index contributed by atoms with van der Waals surface area (Å²) in [5.74, 6) is 0.290. The minimum atomic E-state index is -0.856. The van der Waals surface area contributed by atoms with Crippen molar-refractivity contribution in [2.45, 2.75) is 6.92 Å². The lowest BCUT2D eigenvalue weighted by molar-refractivity contribution is -0.119. The third kappa shape index (κ3) is 8.21. The van der Waals surface area contributed by atoms with Crippen LogP contribution in [0.5, 0.6) is 17.2 Å². The number of rotatable bonds is 7. The second-order valence-corrected chi connectivity index (χ2v) is 7.00. The zero-order valence-corrected chi connectivity index (χ0v) is 19.1. The quantitative estimate of drug-likeness (QED) is 0.345. The van der Waals surface area contributed by atoms with E-state index in [1.807, 2.05) is 24.3 Å². The maximum Gasteiger partial charge on any atom is 0.413 e. The van der Waals surface area contributed by atoms with E-state index in [4.69, 9.17) is 9.47 Å². The summed E-state index contributed by atoms with van der Waals surface area (Å²) in [7, 11) is 1.17. The van der Waals surface area contributed by atoms with Gasteiger partial charge in [0.1, 0.15) is 17.2 Å². The van der Waals surface area contributed by atoms with Gasteiger partial charge in [-0.25, -0.2) is 4.79 Å². The van der Waals surface area contributed by atoms with Crippen molar-refractivity contribution in [2.75, 3.05) is 24.4 Å². The molecule has 3 amide bonds. The highest BCUT2D eigenvalue weighted by molar-refractivity contribution is 6.09. The summed E-state index contributed by atoms with van der Waals surface area (Å²) in [5.41, 5.74) is 0.672. The van der Waals surface area contributed by atoms with Gasteiger partial charge in [0, 0.05) is 13.0 Å². The van der Waals surface area contributed by atoms with Gasteiger partial charge in [-0.05, 0) is 36.4 Å². The first-order valence-electron chi connectivity index (χ1n) is 10.5. The number of guanidine groups is 1. The fourth-order valence-corrected chi connectivity index (χ4v) is 2.79. The van der Waals surface area contributed by atoms with Crippen molar-refractivity contribution in [3.05, 3.63) is 78.9 Å². The zero-order chi connectivity index (χ0) is 25.0. The number of ether oxygens (including phenoxy) is 3. The van der Waals surface area contributed by atoms with Crippen LogP contribution >= 0.6 is 0 Å². The molecule has 0 aliphatic carbocycles. The number of methoxy groups -OCH3 is 1. The molecule has 35 heavy (non-hydrogen) atoms. The van der Waals surface area contributed by atoms with Crippen molar-refractivity contribution in [1.29, 1.82) is 0 Å². The average Bonchev–Trinajstić information content (AvgIpc) is 2.85.